The van der Waals surface area contributed by atoms with Crippen LogP contribution in [-0.2, 0) is 6.61 Å². The van der Waals surface area contributed by atoms with E-state index < -0.39 is 0 Å². The fourth-order valence-corrected chi connectivity index (χ4v) is 1.99. The zero-order valence-corrected chi connectivity index (χ0v) is 12.3. The Labute approximate surface area is 124 Å². The highest BCUT2D eigenvalue weighted by atomic mass is 79.9. The number of nitrogens with two attached hydrogens (primary N) is 1. The van der Waals surface area contributed by atoms with Crippen molar-refractivity contribution in [3.8, 4) is 5.75 Å². The summed E-state index contributed by atoms with van der Waals surface area (Å²) in [6.07, 6.45) is 0. The summed E-state index contributed by atoms with van der Waals surface area (Å²) in [6, 6.07) is 11.9. The summed E-state index contributed by atoms with van der Waals surface area (Å²) in [6.45, 7) is 0.283. The van der Waals surface area contributed by atoms with E-state index in [0.717, 1.165) is 15.6 Å². The molecule has 0 aliphatic carbocycles. The SMILES string of the molecule is NC(=S)c1ccc(COc2cc(Br)ccc2F)cc1. The van der Waals surface area contributed by atoms with Gasteiger partial charge in [0.1, 0.15) is 11.6 Å². The van der Waals surface area contributed by atoms with Crippen LogP contribution < -0.4 is 10.5 Å². The molecule has 0 unspecified atom stereocenters. The van der Waals surface area contributed by atoms with Crippen molar-refractivity contribution < 1.29 is 9.13 Å². The van der Waals surface area contributed by atoms with E-state index >= 15 is 0 Å². The van der Waals surface area contributed by atoms with Gasteiger partial charge in [-0.05, 0) is 23.8 Å². The van der Waals surface area contributed by atoms with Gasteiger partial charge in [0.15, 0.2) is 11.6 Å². The third-order valence-corrected chi connectivity index (χ3v) is 3.25. The van der Waals surface area contributed by atoms with Crippen LogP contribution in [0.4, 0.5) is 4.39 Å². The number of hydrogen-bond donors (Lipinski definition) is 1. The summed E-state index contributed by atoms with van der Waals surface area (Å²) >= 11 is 8.14. The van der Waals surface area contributed by atoms with Crippen LogP contribution in [-0.4, -0.2) is 4.99 Å². The van der Waals surface area contributed by atoms with E-state index in [1.807, 2.05) is 24.3 Å². The molecule has 2 aromatic rings. The van der Waals surface area contributed by atoms with Crippen LogP contribution in [0.3, 0.4) is 0 Å². The van der Waals surface area contributed by atoms with Crippen molar-refractivity contribution in [3.05, 3.63) is 63.9 Å². The number of halogens is 2. The maximum atomic E-state index is 13.5. The second-order valence-electron chi connectivity index (χ2n) is 3.92. The number of thiocarbonyl (C=S) groups is 1. The molecule has 0 bridgehead atoms. The van der Waals surface area contributed by atoms with Crippen molar-refractivity contribution >= 4 is 33.1 Å². The molecule has 0 aliphatic heterocycles. The lowest BCUT2D eigenvalue weighted by molar-refractivity contribution is 0.290. The Kier molecular flexibility index (Phi) is 4.50. The van der Waals surface area contributed by atoms with E-state index in [-0.39, 0.29) is 18.2 Å². The molecule has 0 aliphatic rings. The van der Waals surface area contributed by atoms with Crippen molar-refractivity contribution in [1.82, 2.24) is 0 Å². The second kappa shape index (κ2) is 6.12. The molecule has 0 spiro atoms. The molecular formula is C14H11BrFNOS. The molecule has 0 aromatic heterocycles. The van der Waals surface area contributed by atoms with Crippen LogP contribution in [0, 0.1) is 5.82 Å². The number of ether oxygens (including phenoxy) is 1. The normalized spacial score (nSPS) is 10.2. The van der Waals surface area contributed by atoms with Gasteiger partial charge < -0.3 is 10.5 Å². The maximum Gasteiger partial charge on any atom is 0.165 e. The third-order valence-electron chi connectivity index (χ3n) is 2.53. The first-order valence-corrected chi connectivity index (χ1v) is 6.73. The molecule has 0 saturated carbocycles. The summed E-state index contributed by atoms with van der Waals surface area (Å²) in [7, 11) is 0. The molecule has 2 aromatic carbocycles. The highest BCUT2D eigenvalue weighted by Gasteiger charge is 2.04. The van der Waals surface area contributed by atoms with E-state index in [1.54, 1.807) is 12.1 Å². The molecule has 0 saturated heterocycles. The third kappa shape index (κ3) is 3.75. The molecule has 5 heteroatoms. The van der Waals surface area contributed by atoms with Gasteiger partial charge in [-0.25, -0.2) is 4.39 Å². The molecule has 2 nitrogen and oxygen atoms in total. The molecule has 2 N–H and O–H groups in total. The summed E-state index contributed by atoms with van der Waals surface area (Å²) in [5.41, 5.74) is 7.23. The zero-order chi connectivity index (χ0) is 13.8. The van der Waals surface area contributed by atoms with Gasteiger partial charge in [0.25, 0.3) is 0 Å². The number of benzene rings is 2. The molecule has 0 radical (unpaired) electrons. The van der Waals surface area contributed by atoms with Crippen LogP contribution in [0.15, 0.2) is 46.9 Å². The fraction of sp³-hybridized carbons (Fsp3) is 0.0714. The minimum absolute atomic E-state index is 0.216. The molecule has 0 heterocycles. The summed E-state index contributed by atoms with van der Waals surface area (Å²) in [4.78, 5) is 0.352. The van der Waals surface area contributed by atoms with Gasteiger partial charge in [-0.3, -0.25) is 0 Å². The number of hydrogen-bond acceptors (Lipinski definition) is 2. The second-order valence-corrected chi connectivity index (χ2v) is 5.28. The Bertz CT molecular complexity index is 601. The van der Waals surface area contributed by atoms with E-state index in [0.29, 0.717) is 4.99 Å². The molecule has 98 valence electrons. The van der Waals surface area contributed by atoms with E-state index in [2.05, 4.69) is 15.9 Å². The highest BCUT2D eigenvalue weighted by molar-refractivity contribution is 9.10. The van der Waals surface area contributed by atoms with Crippen molar-refractivity contribution in [3.63, 3.8) is 0 Å². The predicted octanol–water partition coefficient (Wildman–Crippen LogP) is 3.80. The maximum absolute atomic E-state index is 13.5. The van der Waals surface area contributed by atoms with Crippen LogP contribution in [0.5, 0.6) is 5.75 Å². The van der Waals surface area contributed by atoms with Gasteiger partial charge in [-0.15, -0.1) is 0 Å². The zero-order valence-electron chi connectivity index (χ0n) is 9.90. The Morgan fingerprint density at radius 2 is 1.89 bits per heavy atom. The Morgan fingerprint density at radius 1 is 1.21 bits per heavy atom. The van der Waals surface area contributed by atoms with Gasteiger partial charge in [0.05, 0.1) is 0 Å². The summed E-state index contributed by atoms with van der Waals surface area (Å²) < 4.78 is 19.7. The van der Waals surface area contributed by atoms with Gasteiger partial charge >= 0.3 is 0 Å². The first-order chi connectivity index (χ1) is 9.06. The summed E-state index contributed by atoms with van der Waals surface area (Å²) in [5.74, 6) is -0.171. The van der Waals surface area contributed by atoms with E-state index in [4.69, 9.17) is 22.7 Å². The molecule has 2 rings (SSSR count). The molecule has 0 fully saturated rings. The lowest BCUT2D eigenvalue weighted by Gasteiger charge is -2.08. The lowest BCUT2D eigenvalue weighted by atomic mass is 10.1. The van der Waals surface area contributed by atoms with Gasteiger partial charge in [0.2, 0.25) is 0 Å². The standard InChI is InChI=1S/C14H11BrFNOS/c15-11-5-6-12(16)13(7-11)18-8-9-1-3-10(4-2-9)14(17)19/h1-7H,8H2,(H2,17,19). The molecule has 19 heavy (non-hydrogen) atoms. The van der Waals surface area contributed by atoms with Crippen LogP contribution in [0.2, 0.25) is 0 Å². The lowest BCUT2D eigenvalue weighted by Crippen LogP contribution is -2.09. The van der Waals surface area contributed by atoms with E-state index in [9.17, 15) is 4.39 Å². The molecule has 0 atom stereocenters. The average molecular weight is 340 g/mol. The van der Waals surface area contributed by atoms with Crippen LogP contribution in [0.1, 0.15) is 11.1 Å². The average Bonchev–Trinajstić information content (AvgIpc) is 2.40. The Morgan fingerprint density at radius 3 is 2.53 bits per heavy atom. The Hall–Kier alpha value is -1.46. The van der Waals surface area contributed by atoms with Crippen molar-refractivity contribution in [1.29, 1.82) is 0 Å². The van der Waals surface area contributed by atoms with Gasteiger partial charge in [-0.2, -0.15) is 0 Å². The van der Waals surface area contributed by atoms with Crippen LogP contribution >= 0.6 is 28.1 Å². The highest BCUT2D eigenvalue weighted by Crippen LogP contribution is 2.23. The van der Waals surface area contributed by atoms with Crippen LogP contribution in [0.25, 0.3) is 0 Å². The summed E-state index contributed by atoms with van der Waals surface area (Å²) in [5, 5.41) is 0. The van der Waals surface area contributed by atoms with Gasteiger partial charge in [0, 0.05) is 10.0 Å². The first-order valence-electron chi connectivity index (χ1n) is 5.53. The number of rotatable bonds is 4. The minimum atomic E-state index is -0.386. The Balaban J connectivity index is 2.06. The largest absolute Gasteiger partial charge is 0.486 e. The fourth-order valence-electron chi connectivity index (χ4n) is 1.51. The van der Waals surface area contributed by atoms with E-state index in [1.165, 1.54) is 6.07 Å². The van der Waals surface area contributed by atoms with Crippen molar-refractivity contribution in [2.45, 2.75) is 6.61 Å². The first kappa shape index (κ1) is 14.0. The predicted molar refractivity (Wildman–Crippen MR) is 80.8 cm³/mol. The van der Waals surface area contributed by atoms with Crippen molar-refractivity contribution in [2.24, 2.45) is 5.73 Å². The molecular weight excluding hydrogens is 329 g/mol. The van der Waals surface area contributed by atoms with Gasteiger partial charge in [-0.1, -0.05) is 52.4 Å². The van der Waals surface area contributed by atoms with Crippen molar-refractivity contribution in [2.75, 3.05) is 0 Å². The smallest absolute Gasteiger partial charge is 0.165 e. The monoisotopic (exact) mass is 339 g/mol. The molecule has 0 amide bonds. The quantitative estimate of drug-likeness (QED) is 0.860. The minimum Gasteiger partial charge on any atom is -0.486 e. The topological polar surface area (TPSA) is 35.2 Å².